The van der Waals surface area contributed by atoms with Crippen molar-refractivity contribution in [3.05, 3.63) is 23.8 Å². The van der Waals surface area contributed by atoms with Gasteiger partial charge in [-0.2, -0.15) is 0 Å². The predicted molar refractivity (Wildman–Crippen MR) is 69.0 cm³/mol. The quantitative estimate of drug-likeness (QED) is 0.829. The number of aliphatic hydroxyl groups is 1. The number of rotatable bonds is 1. The number of ether oxygens (including phenoxy) is 2. The summed E-state index contributed by atoms with van der Waals surface area (Å²) >= 11 is 0. The highest BCUT2D eigenvalue weighted by Gasteiger charge is 2.41. The minimum atomic E-state index is -0.429. The van der Waals surface area contributed by atoms with Crippen LogP contribution in [-0.4, -0.2) is 17.8 Å². The van der Waals surface area contributed by atoms with Crippen LogP contribution in [-0.2, 0) is 0 Å². The van der Waals surface area contributed by atoms with Gasteiger partial charge in [-0.25, -0.2) is 0 Å². The molecule has 98 valence electrons. The summed E-state index contributed by atoms with van der Waals surface area (Å²) in [6, 6.07) is 5.70. The summed E-state index contributed by atoms with van der Waals surface area (Å²) in [5.74, 6) is 1.60. The Morgan fingerprint density at radius 2 is 2.06 bits per heavy atom. The zero-order valence-corrected chi connectivity index (χ0v) is 10.8. The maximum absolute atomic E-state index is 10.4. The Labute approximate surface area is 108 Å². The highest BCUT2D eigenvalue weighted by Crippen LogP contribution is 2.46. The molecule has 1 spiro atoms. The van der Waals surface area contributed by atoms with Gasteiger partial charge in [0.25, 0.3) is 0 Å². The second kappa shape index (κ2) is 4.47. The standard InChI is InChI=1S/C15H20O3/c1-17-11-5-6-14-12(9-11)13(16)10-15(18-14)7-3-2-4-8-15/h5-6,9,13,16H,2-4,7-8,10H2,1H3/t13-/m0/s1. The zero-order chi connectivity index (χ0) is 12.6. The third-order valence-electron chi connectivity index (χ3n) is 4.23. The van der Waals surface area contributed by atoms with Crippen LogP contribution < -0.4 is 9.47 Å². The fourth-order valence-electron chi connectivity index (χ4n) is 3.25. The number of hydrogen-bond acceptors (Lipinski definition) is 3. The molecular formula is C15H20O3. The van der Waals surface area contributed by atoms with Gasteiger partial charge in [-0.15, -0.1) is 0 Å². The Morgan fingerprint density at radius 1 is 1.28 bits per heavy atom. The van der Waals surface area contributed by atoms with E-state index < -0.39 is 6.10 Å². The predicted octanol–water partition coefficient (Wildman–Crippen LogP) is 3.21. The molecule has 0 bridgehead atoms. The van der Waals surface area contributed by atoms with Crippen LogP contribution in [0.2, 0.25) is 0 Å². The van der Waals surface area contributed by atoms with Crippen LogP contribution in [0.4, 0.5) is 0 Å². The first-order valence-corrected chi connectivity index (χ1v) is 6.77. The lowest BCUT2D eigenvalue weighted by molar-refractivity contribution is -0.0382. The van der Waals surface area contributed by atoms with Crippen molar-refractivity contribution >= 4 is 0 Å². The average molecular weight is 248 g/mol. The topological polar surface area (TPSA) is 38.7 Å². The van der Waals surface area contributed by atoms with E-state index in [0.29, 0.717) is 6.42 Å². The van der Waals surface area contributed by atoms with Gasteiger partial charge in [0.2, 0.25) is 0 Å². The van der Waals surface area contributed by atoms with Crippen molar-refractivity contribution in [1.82, 2.24) is 0 Å². The largest absolute Gasteiger partial charge is 0.497 e. The van der Waals surface area contributed by atoms with Crippen LogP contribution in [0.3, 0.4) is 0 Å². The van der Waals surface area contributed by atoms with Crippen LogP contribution in [0.1, 0.15) is 50.2 Å². The molecule has 0 amide bonds. The fourth-order valence-corrected chi connectivity index (χ4v) is 3.25. The van der Waals surface area contributed by atoms with E-state index in [1.54, 1.807) is 7.11 Å². The molecule has 0 unspecified atom stereocenters. The molecule has 1 aromatic carbocycles. The first-order chi connectivity index (χ1) is 8.72. The minimum Gasteiger partial charge on any atom is -0.497 e. The van der Waals surface area contributed by atoms with Gasteiger partial charge in [-0.3, -0.25) is 0 Å². The van der Waals surface area contributed by atoms with Gasteiger partial charge in [0.05, 0.1) is 13.2 Å². The fraction of sp³-hybridized carbons (Fsp3) is 0.600. The van der Waals surface area contributed by atoms with E-state index in [1.165, 1.54) is 19.3 Å². The number of methoxy groups -OCH3 is 1. The van der Waals surface area contributed by atoms with Crippen LogP contribution in [0.5, 0.6) is 11.5 Å². The van der Waals surface area contributed by atoms with Crippen molar-refractivity contribution in [2.45, 2.75) is 50.2 Å². The molecule has 1 heterocycles. The average Bonchev–Trinajstić information content (AvgIpc) is 2.39. The molecule has 0 radical (unpaired) electrons. The normalized spacial score (nSPS) is 25.3. The molecule has 1 aliphatic carbocycles. The molecule has 2 aliphatic rings. The summed E-state index contributed by atoms with van der Waals surface area (Å²) in [5.41, 5.74) is 0.741. The summed E-state index contributed by atoms with van der Waals surface area (Å²) < 4.78 is 11.4. The highest BCUT2D eigenvalue weighted by atomic mass is 16.5. The van der Waals surface area contributed by atoms with Gasteiger partial charge in [0.1, 0.15) is 17.1 Å². The van der Waals surface area contributed by atoms with E-state index in [2.05, 4.69) is 0 Å². The van der Waals surface area contributed by atoms with E-state index in [4.69, 9.17) is 9.47 Å². The molecule has 1 aromatic rings. The maximum atomic E-state index is 10.4. The molecule has 18 heavy (non-hydrogen) atoms. The summed E-state index contributed by atoms with van der Waals surface area (Å²) in [4.78, 5) is 0. The van der Waals surface area contributed by atoms with Gasteiger partial charge in [-0.05, 0) is 43.9 Å². The lowest BCUT2D eigenvalue weighted by atomic mass is 9.78. The maximum Gasteiger partial charge on any atom is 0.126 e. The summed E-state index contributed by atoms with van der Waals surface area (Å²) in [6.45, 7) is 0. The third-order valence-corrected chi connectivity index (χ3v) is 4.23. The molecule has 3 rings (SSSR count). The molecule has 1 aliphatic heterocycles. The number of aliphatic hydroxyl groups excluding tert-OH is 1. The molecule has 1 fully saturated rings. The number of benzene rings is 1. The minimum absolute atomic E-state index is 0.126. The molecule has 3 nitrogen and oxygen atoms in total. The van der Waals surface area contributed by atoms with E-state index in [-0.39, 0.29) is 5.60 Å². The molecule has 3 heteroatoms. The third kappa shape index (κ3) is 1.97. The second-order valence-corrected chi connectivity index (χ2v) is 5.47. The zero-order valence-electron chi connectivity index (χ0n) is 10.8. The monoisotopic (exact) mass is 248 g/mol. The Bertz CT molecular complexity index is 435. The van der Waals surface area contributed by atoms with Crippen LogP contribution in [0.25, 0.3) is 0 Å². The summed E-state index contributed by atoms with van der Waals surface area (Å²) in [7, 11) is 1.64. The van der Waals surface area contributed by atoms with E-state index in [1.807, 2.05) is 18.2 Å². The van der Waals surface area contributed by atoms with E-state index in [9.17, 15) is 5.11 Å². The van der Waals surface area contributed by atoms with Crippen molar-refractivity contribution in [3.63, 3.8) is 0 Å². The summed E-state index contributed by atoms with van der Waals surface area (Å²) in [5, 5.41) is 10.4. The Kier molecular flexibility index (Phi) is 2.94. The van der Waals surface area contributed by atoms with Gasteiger partial charge in [-0.1, -0.05) is 6.42 Å². The SMILES string of the molecule is COc1ccc2c(c1)[C@@H](O)CC1(CCCCC1)O2. The van der Waals surface area contributed by atoms with Gasteiger partial charge in [0, 0.05) is 12.0 Å². The van der Waals surface area contributed by atoms with Crippen molar-refractivity contribution in [2.75, 3.05) is 7.11 Å². The van der Waals surface area contributed by atoms with Crippen LogP contribution in [0, 0.1) is 0 Å². The lowest BCUT2D eigenvalue weighted by Gasteiger charge is -2.43. The first-order valence-electron chi connectivity index (χ1n) is 6.77. The van der Waals surface area contributed by atoms with Crippen molar-refractivity contribution in [3.8, 4) is 11.5 Å². The van der Waals surface area contributed by atoms with Crippen molar-refractivity contribution in [1.29, 1.82) is 0 Å². The molecule has 1 saturated carbocycles. The van der Waals surface area contributed by atoms with Gasteiger partial charge in [0.15, 0.2) is 0 Å². The van der Waals surface area contributed by atoms with E-state index >= 15 is 0 Å². The smallest absolute Gasteiger partial charge is 0.126 e. The van der Waals surface area contributed by atoms with Crippen LogP contribution >= 0.6 is 0 Å². The van der Waals surface area contributed by atoms with Crippen molar-refractivity contribution < 1.29 is 14.6 Å². The van der Waals surface area contributed by atoms with Gasteiger partial charge < -0.3 is 14.6 Å². The van der Waals surface area contributed by atoms with Crippen LogP contribution in [0.15, 0.2) is 18.2 Å². The Balaban J connectivity index is 1.92. The van der Waals surface area contributed by atoms with Crippen molar-refractivity contribution in [2.24, 2.45) is 0 Å². The highest BCUT2D eigenvalue weighted by molar-refractivity contribution is 5.43. The second-order valence-electron chi connectivity index (χ2n) is 5.47. The molecular weight excluding hydrogens is 228 g/mol. The number of fused-ring (bicyclic) bond motifs is 1. The first kappa shape index (κ1) is 11.8. The molecule has 0 saturated heterocycles. The molecule has 1 N–H and O–H groups in total. The van der Waals surface area contributed by atoms with Gasteiger partial charge >= 0.3 is 0 Å². The summed E-state index contributed by atoms with van der Waals surface area (Å²) in [6.07, 6.45) is 6.12. The number of hydrogen-bond donors (Lipinski definition) is 1. The molecule has 0 aromatic heterocycles. The molecule has 1 atom stereocenters. The Hall–Kier alpha value is -1.22. The lowest BCUT2D eigenvalue weighted by Crippen LogP contribution is -2.42. The Morgan fingerprint density at radius 3 is 2.78 bits per heavy atom. The van der Waals surface area contributed by atoms with E-state index in [0.717, 1.165) is 29.9 Å².